The smallest absolute Gasteiger partial charge is 0.225 e. The number of fused-ring (bicyclic) bond motifs is 1. The second-order valence-electron chi connectivity index (χ2n) is 4.43. The van der Waals surface area contributed by atoms with Crippen LogP contribution in [0.5, 0.6) is 0 Å². The van der Waals surface area contributed by atoms with E-state index in [0.717, 1.165) is 11.1 Å². The Kier molecular flexibility index (Phi) is 3.89. The summed E-state index contributed by atoms with van der Waals surface area (Å²) in [6.07, 6.45) is 1.64. The Bertz CT molecular complexity index is 815. The molecule has 0 fully saturated rings. The zero-order valence-electron chi connectivity index (χ0n) is 10.9. The van der Waals surface area contributed by atoms with E-state index in [-0.39, 0.29) is 5.28 Å². The van der Waals surface area contributed by atoms with Gasteiger partial charge in [-0.2, -0.15) is 10.1 Å². The molecule has 21 heavy (non-hydrogen) atoms. The van der Waals surface area contributed by atoms with Crippen molar-refractivity contribution in [3.05, 3.63) is 45.3 Å². The van der Waals surface area contributed by atoms with Crippen molar-refractivity contribution < 1.29 is 0 Å². The minimum Gasteiger partial charge on any atom is -0.364 e. The van der Waals surface area contributed by atoms with Crippen LogP contribution in [-0.2, 0) is 13.6 Å². The standard InChI is InChI=1S/C13H10Cl3N5/c1-21-11-10(6-18-21)19-13(16)20-12(11)17-5-7-2-3-8(14)4-9(7)15/h2-4,6H,5H2,1H3,(H,17,19,20). The van der Waals surface area contributed by atoms with E-state index in [9.17, 15) is 0 Å². The quantitative estimate of drug-likeness (QED) is 0.733. The average molecular weight is 343 g/mol. The van der Waals surface area contributed by atoms with Gasteiger partial charge < -0.3 is 5.32 Å². The second-order valence-corrected chi connectivity index (χ2v) is 5.61. The molecule has 0 bridgehead atoms. The predicted molar refractivity (Wildman–Crippen MR) is 85.1 cm³/mol. The normalized spacial score (nSPS) is 11.0. The van der Waals surface area contributed by atoms with Crippen LogP contribution in [0.3, 0.4) is 0 Å². The Hall–Kier alpha value is -1.56. The third-order valence-corrected chi connectivity index (χ3v) is 3.78. The van der Waals surface area contributed by atoms with Crippen molar-refractivity contribution in [1.29, 1.82) is 0 Å². The Balaban J connectivity index is 1.93. The minimum atomic E-state index is 0.167. The number of hydrogen-bond acceptors (Lipinski definition) is 4. The van der Waals surface area contributed by atoms with Crippen molar-refractivity contribution in [2.24, 2.45) is 7.05 Å². The van der Waals surface area contributed by atoms with E-state index >= 15 is 0 Å². The molecule has 1 N–H and O–H groups in total. The summed E-state index contributed by atoms with van der Waals surface area (Å²) in [5.41, 5.74) is 2.37. The lowest BCUT2D eigenvalue weighted by atomic mass is 10.2. The first-order valence-electron chi connectivity index (χ1n) is 6.07. The molecule has 0 saturated heterocycles. The van der Waals surface area contributed by atoms with Crippen LogP contribution in [-0.4, -0.2) is 19.7 Å². The molecular formula is C13H10Cl3N5. The number of anilines is 1. The number of nitrogens with one attached hydrogen (secondary N) is 1. The average Bonchev–Trinajstić information content (AvgIpc) is 2.79. The highest BCUT2D eigenvalue weighted by atomic mass is 35.5. The van der Waals surface area contributed by atoms with E-state index < -0.39 is 0 Å². The molecule has 8 heteroatoms. The number of aromatic nitrogens is 4. The van der Waals surface area contributed by atoms with E-state index in [1.807, 2.05) is 13.1 Å². The minimum absolute atomic E-state index is 0.167. The number of hydrogen-bond donors (Lipinski definition) is 1. The first-order valence-corrected chi connectivity index (χ1v) is 7.21. The van der Waals surface area contributed by atoms with Gasteiger partial charge in [-0.05, 0) is 29.3 Å². The fraction of sp³-hybridized carbons (Fsp3) is 0.154. The lowest BCUT2D eigenvalue weighted by Gasteiger charge is -2.09. The van der Waals surface area contributed by atoms with Gasteiger partial charge in [-0.3, -0.25) is 4.68 Å². The van der Waals surface area contributed by atoms with Crippen molar-refractivity contribution in [3.8, 4) is 0 Å². The SMILES string of the molecule is Cn1ncc2nc(Cl)nc(NCc3ccc(Cl)cc3Cl)c21. The van der Waals surface area contributed by atoms with Gasteiger partial charge in [-0.1, -0.05) is 29.3 Å². The molecule has 2 aromatic heterocycles. The van der Waals surface area contributed by atoms with Crippen molar-refractivity contribution in [3.63, 3.8) is 0 Å². The fourth-order valence-corrected chi connectivity index (χ4v) is 2.67. The van der Waals surface area contributed by atoms with E-state index in [0.29, 0.717) is 27.9 Å². The topological polar surface area (TPSA) is 55.6 Å². The van der Waals surface area contributed by atoms with Crippen LogP contribution >= 0.6 is 34.8 Å². The van der Waals surface area contributed by atoms with Crippen LogP contribution in [0.4, 0.5) is 5.82 Å². The maximum atomic E-state index is 6.15. The zero-order chi connectivity index (χ0) is 15.0. The van der Waals surface area contributed by atoms with E-state index in [4.69, 9.17) is 34.8 Å². The van der Waals surface area contributed by atoms with E-state index in [1.165, 1.54) is 0 Å². The summed E-state index contributed by atoms with van der Waals surface area (Å²) >= 11 is 18.0. The first-order chi connectivity index (χ1) is 10.0. The number of nitrogens with zero attached hydrogens (tertiary/aromatic N) is 4. The number of aryl methyl sites for hydroxylation is 1. The predicted octanol–water partition coefficient (Wildman–Crippen LogP) is 3.94. The Morgan fingerprint density at radius 1 is 1.19 bits per heavy atom. The summed E-state index contributed by atoms with van der Waals surface area (Å²) in [5, 5.41) is 8.72. The molecule has 0 radical (unpaired) electrons. The summed E-state index contributed by atoms with van der Waals surface area (Å²) in [7, 11) is 1.82. The van der Waals surface area contributed by atoms with Gasteiger partial charge in [-0.25, -0.2) is 4.98 Å². The van der Waals surface area contributed by atoms with Crippen LogP contribution in [0.2, 0.25) is 15.3 Å². The monoisotopic (exact) mass is 341 g/mol. The summed E-state index contributed by atoms with van der Waals surface area (Å²) in [6.45, 7) is 0.490. The van der Waals surface area contributed by atoms with Gasteiger partial charge in [0.15, 0.2) is 5.82 Å². The molecule has 2 heterocycles. The molecule has 0 atom stereocenters. The van der Waals surface area contributed by atoms with Crippen LogP contribution in [0.1, 0.15) is 5.56 Å². The summed E-state index contributed by atoms with van der Waals surface area (Å²) in [5.74, 6) is 0.607. The summed E-state index contributed by atoms with van der Waals surface area (Å²) < 4.78 is 1.69. The summed E-state index contributed by atoms with van der Waals surface area (Å²) in [6, 6.07) is 5.35. The highest BCUT2D eigenvalue weighted by Gasteiger charge is 2.11. The lowest BCUT2D eigenvalue weighted by molar-refractivity contribution is 0.795. The summed E-state index contributed by atoms with van der Waals surface area (Å²) in [4.78, 5) is 8.34. The molecule has 1 aromatic carbocycles. The van der Waals surface area contributed by atoms with Gasteiger partial charge >= 0.3 is 0 Å². The second kappa shape index (κ2) is 5.67. The third kappa shape index (κ3) is 2.90. The highest BCUT2D eigenvalue weighted by Crippen LogP contribution is 2.24. The molecule has 0 aliphatic heterocycles. The lowest BCUT2D eigenvalue weighted by Crippen LogP contribution is -2.05. The van der Waals surface area contributed by atoms with Crippen LogP contribution in [0.25, 0.3) is 11.0 Å². The molecule has 5 nitrogen and oxygen atoms in total. The maximum Gasteiger partial charge on any atom is 0.225 e. The maximum absolute atomic E-state index is 6.15. The third-order valence-electron chi connectivity index (χ3n) is 3.02. The van der Waals surface area contributed by atoms with Gasteiger partial charge in [0.05, 0.1) is 6.20 Å². The molecule has 0 unspecified atom stereocenters. The van der Waals surface area contributed by atoms with Gasteiger partial charge in [0.25, 0.3) is 0 Å². The first kappa shape index (κ1) is 14.4. The molecule has 0 aliphatic carbocycles. The Morgan fingerprint density at radius 3 is 2.76 bits per heavy atom. The van der Waals surface area contributed by atoms with Crippen molar-refractivity contribution in [2.45, 2.75) is 6.54 Å². The number of benzene rings is 1. The van der Waals surface area contributed by atoms with E-state index in [2.05, 4.69) is 20.4 Å². The molecule has 0 saturated carbocycles. The van der Waals surface area contributed by atoms with Crippen LogP contribution < -0.4 is 5.32 Å². The largest absolute Gasteiger partial charge is 0.364 e. The van der Waals surface area contributed by atoms with Gasteiger partial charge in [-0.15, -0.1) is 0 Å². The molecule has 0 amide bonds. The van der Waals surface area contributed by atoms with Crippen LogP contribution in [0.15, 0.2) is 24.4 Å². The fourth-order valence-electron chi connectivity index (χ4n) is 2.02. The van der Waals surface area contributed by atoms with Gasteiger partial charge in [0.1, 0.15) is 11.0 Å². The molecule has 3 aromatic rings. The molecular weight excluding hydrogens is 333 g/mol. The number of rotatable bonds is 3. The number of halogens is 3. The Morgan fingerprint density at radius 2 is 2.00 bits per heavy atom. The molecule has 0 aliphatic rings. The molecule has 0 spiro atoms. The highest BCUT2D eigenvalue weighted by molar-refractivity contribution is 6.35. The van der Waals surface area contributed by atoms with Crippen molar-refractivity contribution in [2.75, 3.05) is 5.32 Å². The van der Waals surface area contributed by atoms with Crippen molar-refractivity contribution in [1.82, 2.24) is 19.7 Å². The van der Waals surface area contributed by atoms with Crippen molar-refractivity contribution >= 4 is 51.7 Å². The van der Waals surface area contributed by atoms with E-state index in [1.54, 1.807) is 23.0 Å². The Labute approximate surface area is 135 Å². The molecule has 3 rings (SSSR count). The molecule has 108 valence electrons. The van der Waals surface area contributed by atoms with Gasteiger partial charge in [0, 0.05) is 23.6 Å². The van der Waals surface area contributed by atoms with Gasteiger partial charge in [0.2, 0.25) is 5.28 Å². The zero-order valence-corrected chi connectivity index (χ0v) is 13.2. The van der Waals surface area contributed by atoms with Crippen LogP contribution in [0, 0.1) is 0 Å².